The van der Waals surface area contributed by atoms with Crippen LogP contribution >= 0.6 is 11.9 Å². The number of carbonyl (C=O) groups excluding carboxylic acids is 1. The van der Waals surface area contributed by atoms with Gasteiger partial charge in [-0.25, -0.2) is 0 Å². The number of rotatable bonds is 1. The van der Waals surface area contributed by atoms with E-state index in [-0.39, 0.29) is 5.91 Å². The van der Waals surface area contributed by atoms with E-state index in [1.165, 1.54) is 11.9 Å². The molecule has 2 rings (SSSR count). The van der Waals surface area contributed by atoms with Crippen LogP contribution in [0, 0.1) is 0 Å². The van der Waals surface area contributed by atoms with Crippen molar-refractivity contribution in [1.82, 2.24) is 4.72 Å². The van der Waals surface area contributed by atoms with Crippen molar-refractivity contribution in [2.75, 3.05) is 7.11 Å². The SMILES string of the molecule is COc1ccc2c(c1)S[N]C2=O. The molecule has 0 saturated carbocycles. The Balaban J connectivity index is 2.48. The van der Waals surface area contributed by atoms with Gasteiger partial charge < -0.3 is 4.74 Å². The molecule has 0 aliphatic carbocycles. The molecule has 4 heteroatoms. The number of ether oxygens (including phenoxy) is 1. The molecule has 0 unspecified atom stereocenters. The summed E-state index contributed by atoms with van der Waals surface area (Å²) < 4.78 is 8.71. The van der Waals surface area contributed by atoms with Crippen LogP contribution in [0.15, 0.2) is 23.1 Å². The van der Waals surface area contributed by atoms with Gasteiger partial charge in [-0.05, 0) is 18.2 Å². The highest BCUT2D eigenvalue weighted by atomic mass is 32.2. The monoisotopic (exact) mass is 180 g/mol. The van der Waals surface area contributed by atoms with Crippen molar-refractivity contribution in [3.8, 4) is 5.75 Å². The number of amides is 1. The molecule has 1 aliphatic rings. The zero-order valence-corrected chi connectivity index (χ0v) is 7.22. The smallest absolute Gasteiger partial charge is 0.285 e. The van der Waals surface area contributed by atoms with Crippen molar-refractivity contribution in [3.05, 3.63) is 23.8 Å². The lowest BCUT2D eigenvalue weighted by atomic mass is 10.2. The first-order valence-electron chi connectivity index (χ1n) is 3.41. The summed E-state index contributed by atoms with van der Waals surface area (Å²) in [6, 6.07) is 5.31. The summed E-state index contributed by atoms with van der Waals surface area (Å²) in [4.78, 5) is 11.9. The van der Waals surface area contributed by atoms with Gasteiger partial charge in [0.15, 0.2) is 0 Å². The van der Waals surface area contributed by atoms with Crippen LogP contribution in [-0.4, -0.2) is 13.0 Å². The molecule has 0 aromatic heterocycles. The van der Waals surface area contributed by atoms with Crippen LogP contribution in [0.25, 0.3) is 0 Å². The Kier molecular flexibility index (Phi) is 1.69. The minimum absolute atomic E-state index is 0.155. The van der Waals surface area contributed by atoms with E-state index in [1.807, 2.05) is 6.07 Å². The van der Waals surface area contributed by atoms with Crippen LogP contribution in [0.4, 0.5) is 0 Å². The molecule has 1 aromatic rings. The first kappa shape index (κ1) is 7.49. The topological polar surface area (TPSA) is 40.4 Å². The Morgan fingerprint density at radius 2 is 2.33 bits per heavy atom. The third kappa shape index (κ3) is 1.04. The lowest BCUT2D eigenvalue weighted by molar-refractivity contribution is 0.0983. The van der Waals surface area contributed by atoms with E-state index >= 15 is 0 Å². The van der Waals surface area contributed by atoms with Crippen LogP contribution < -0.4 is 9.46 Å². The first-order valence-corrected chi connectivity index (χ1v) is 4.19. The molecule has 1 aromatic carbocycles. The van der Waals surface area contributed by atoms with Crippen molar-refractivity contribution >= 4 is 17.9 Å². The molecule has 1 radical (unpaired) electrons. The highest BCUT2D eigenvalue weighted by Crippen LogP contribution is 2.31. The molecule has 12 heavy (non-hydrogen) atoms. The van der Waals surface area contributed by atoms with E-state index in [9.17, 15) is 4.79 Å². The molecule has 1 amide bonds. The fraction of sp³-hybridized carbons (Fsp3) is 0.125. The molecule has 0 saturated heterocycles. The second-order valence-electron chi connectivity index (χ2n) is 2.35. The summed E-state index contributed by atoms with van der Waals surface area (Å²) in [5.74, 6) is 0.601. The number of hydrogen-bond donors (Lipinski definition) is 0. The van der Waals surface area contributed by atoms with Gasteiger partial charge in [0.2, 0.25) is 0 Å². The average molecular weight is 180 g/mol. The Labute approximate surface area is 74.2 Å². The van der Waals surface area contributed by atoms with Gasteiger partial charge in [-0.3, -0.25) is 4.79 Å². The zero-order valence-electron chi connectivity index (χ0n) is 6.40. The van der Waals surface area contributed by atoms with Crippen molar-refractivity contribution in [2.24, 2.45) is 0 Å². The van der Waals surface area contributed by atoms with Gasteiger partial charge in [0, 0.05) is 16.8 Å². The van der Waals surface area contributed by atoms with Crippen LogP contribution in [0.2, 0.25) is 0 Å². The van der Waals surface area contributed by atoms with Crippen LogP contribution in [-0.2, 0) is 0 Å². The summed E-state index contributed by atoms with van der Waals surface area (Å²) in [6.45, 7) is 0. The van der Waals surface area contributed by atoms with Crippen LogP contribution in [0.3, 0.4) is 0 Å². The highest BCUT2D eigenvalue weighted by Gasteiger charge is 2.21. The summed E-state index contributed by atoms with van der Waals surface area (Å²) in [7, 11) is 1.60. The number of methoxy groups -OCH3 is 1. The molecule has 0 bridgehead atoms. The molecular weight excluding hydrogens is 174 g/mol. The van der Waals surface area contributed by atoms with Crippen molar-refractivity contribution < 1.29 is 9.53 Å². The predicted octanol–water partition coefficient (Wildman–Crippen LogP) is 1.46. The molecule has 1 heterocycles. The maximum absolute atomic E-state index is 11.0. The predicted molar refractivity (Wildman–Crippen MR) is 45.3 cm³/mol. The second-order valence-corrected chi connectivity index (χ2v) is 3.15. The quantitative estimate of drug-likeness (QED) is 0.614. The molecule has 3 nitrogen and oxygen atoms in total. The van der Waals surface area contributed by atoms with Crippen molar-refractivity contribution in [1.29, 1.82) is 0 Å². The summed E-state index contributed by atoms with van der Waals surface area (Å²) in [5.41, 5.74) is 0.667. The van der Waals surface area contributed by atoms with Gasteiger partial charge in [0.1, 0.15) is 5.75 Å². The van der Waals surface area contributed by atoms with Crippen LogP contribution in [0.1, 0.15) is 10.4 Å². The highest BCUT2D eigenvalue weighted by molar-refractivity contribution is 7.98. The Bertz CT molecular complexity index is 338. The fourth-order valence-corrected chi connectivity index (χ4v) is 1.72. The maximum Gasteiger partial charge on any atom is 0.285 e. The molecular formula is C8H6NO2S. The zero-order chi connectivity index (χ0) is 8.55. The second kappa shape index (κ2) is 2.71. The standard InChI is InChI=1S/C8H6NO2S/c1-11-5-2-3-6-7(4-5)12-9-8(6)10/h2-4H,1H3. The molecule has 0 N–H and O–H groups in total. The maximum atomic E-state index is 11.0. The van der Waals surface area contributed by atoms with Gasteiger partial charge in [0.05, 0.1) is 12.7 Å². The van der Waals surface area contributed by atoms with Gasteiger partial charge in [-0.15, -0.1) is 0 Å². The largest absolute Gasteiger partial charge is 0.497 e. The van der Waals surface area contributed by atoms with Gasteiger partial charge in [0.25, 0.3) is 5.91 Å². The van der Waals surface area contributed by atoms with E-state index in [0.717, 1.165) is 10.6 Å². The molecule has 0 fully saturated rings. The fourth-order valence-electron chi connectivity index (χ4n) is 1.02. The summed E-state index contributed by atoms with van der Waals surface area (Å²) >= 11 is 1.20. The van der Waals surface area contributed by atoms with Gasteiger partial charge in [-0.1, -0.05) is 0 Å². The number of hydrogen-bond acceptors (Lipinski definition) is 3. The van der Waals surface area contributed by atoms with Crippen molar-refractivity contribution in [2.45, 2.75) is 4.90 Å². The normalized spacial score (nSPS) is 13.9. The average Bonchev–Trinajstić information content (AvgIpc) is 2.47. The van der Waals surface area contributed by atoms with Crippen LogP contribution in [0.5, 0.6) is 5.75 Å². The third-order valence-corrected chi connectivity index (χ3v) is 2.44. The lowest BCUT2D eigenvalue weighted by Gasteiger charge is -1.99. The lowest BCUT2D eigenvalue weighted by Crippen LogP contribution is -2.00. The van der Waals surface area contributed by atoms with Gasteiger partial charge in [-0.2, -0.15) is 4.72 Å². The van der Waals surface area contributed by atoms with E-state index in [2.05, 4.69) is 4.72 Å². The Morgan fingerprint density at radius 1 is 1.50 bits per heavy atom. The molecule has 1 aliphatic heterocycles. The number of nitrogens with zero attached hydrogens (tertiary/aromatic N) is 1. The summed E-state index contributed by atoms with van der Waals surface area (Å²) in [5, 5.41) is 0. The Hall–Kier alpha value is -1.16. The summed E-state index contributed by atoms with van der Waals surface area (Å²) in [6.07, 6.45) is 0. The Morgan fingerprint density at radius 3 is 3.08 bits per heavy atom. The van der Waals surface area contributed by atoms with Crippen molar-refractivity contribution in [3.63, 3.8) is 0 Å². The molecule has 61 valence electrons. The number of carbonyl (C=O) groups is 1. The minimum atomic E-state index is -0.155. The van der Waals surface area contributed by atoms with E-state index < -0.39 is 0 Å². The molecule has 0 atom stereocenters. The van der Waals surface area contributed by atoms with E-state index in [1.54, 1.807) is 19.2 Å². The minimum Gasteiger partial charge on any atom is -0.497 e. The van der Waals surface area contributed by atoms with E-state index in [0.29, 0.717) is 5.56 Å². The molecule has 0 spiro atoms. The van der Waals surface area contributed by atoms with E-state index in [4.69, 9.17) is 4.74 Å². The number of fused-ring (bicyclic) bond motifs is 1. The number of benzene rings is 1. The first-order chi connectivity index (χ1) is 5.81. The third-order valence-electron chi connectivity index (χ3n) is 1.65. The van der Waals surface area contributed by atoms with Gasteiger partial charge >= 0.3 is 0 Å².